The highest BCUT2D eigenvalue weighted by Crippen LogP contribution is 1.87. The van der Waals surface area contributed by atoms with Gasteiger partial charge in [-0.1, -0.05) is 18.1 Å². The number of hydrogen-bond acceptors (Lipinski definition) is 3. The Kier molecular flexibility index (Phi) is 7.79. The van der Waals surface area contributed by atoms with Crippen molar-refractivity contribution in [3.8, 4) is 11.8 Å². The first-order valence-corrected chi connectivity index (χ1v) is 4.59. The lowest BCUT2D eigenvalue weighted by Gasteiger charge is -1.92. The minimum atomic E-state index is -0.838. The molecule has 0 radical (unpaired) electrons. The average molecular weight is 210 g/mol. The molecule has 0 heterocycles. The summed E-state index contributed by atoms with van der Waals surface area (Å²) in [6.07, 6.45) is 4.46. The van der Waals surface area contributed by atoms with E-state index in [0.717, 1.165) is 0 Å². The van der Waals surface area contributed by atoms with Gasteiger partial charge in [0.2, 0.25) is 0 Å². The van der Waals surface area contributed by atoms with Crippen molar-refractivity contribution >= 4 is 11.9 Å². The third kappa shape index (κ3) is 12.2. The van der Waals surface area contributed by atoms with Gasteiger partial charge in [0.1, 0.15) is 6.61 Å². The average Bonchev–Trinajstić information content (AvgIpc) is 2.14. The molecule has 4 nitrogen and oxygen atoms in total. The Morgan fingerprint density at radius 1 is 1.33 bits per heavy atom. The third-order valence-corrected chi connectivity index (χ3v) is 1.36. The van der Waals surface area contributed by atoms with Crippen molar-refractivity contribution in [1.82, 2.24) is 0 Å². The molecule has 1 N–H and O–H groups in total. The van der Waals surface area contributed by atoms with E-state index in [1.54, 1.807) is 12.2 Å². The number of hydrogen-bond donors (Lipinski definition) is 1. The summed E-state index contributed by atoms with van der Waals surface area (Å²) < 4.78 is 4.65. The third-order valence-electron chi connectivity index (χ3n) is 1.36. The van der Waals surface area contributed by atoms with E-state index >= 15 is 0 Å². The zero-order valence-corrected chi connectivity index (χ0v) is 8.66. The second-order valence-corrected chi connectivity index (χ2v) is 2.73. The highest BCUT2D eigenvalue weighted by Gasteiger charge is 1.90. The number of aliphatic carboxylic acids is 1. The van der Waals surface area contributed by atoms with E-state index in [1.165, 1.54) is 6.92 Å². The Hall–Kier alpha value is -1.76. The van der Waals surface area contributed by atoms with Crippen LogP contribution in [0.25, 0.3) is 0 Å². The monoisotopic (exact) mass is 210 g/mol. The van der Waals surface area contributed by atoms with E-state index in [-0.39, 0.29) is 19.0 Å². The minimum absolute atomic E-state index is 0.0736. The standard InChI is InChI=1S/C11H14O4/c1-10(12)15-9-7-5-3-2-4-6-8-11(13)14/h5,7H,3,6,8-9H2,1H3,(H,13,14)/b7-5+. The van der Waals surface area contributed by atoms with Gasteiger partial charge >= 0.3 is 11.9 Å². The molecule has 0 aliphatic rings. The van der Waals surface area contributed by atoms with Crippen LogP contribution in [0.1, 0.15) is 26.2 Å². The Balaban J connectivity index is 3.43. The fraction of sp³-hybridized carbons (Fsp3) is 0.455. The number of carbonyl (C=O) groups is 2. The quantitative estimate of drug-likeness (QED) is 0.423. The summed E-state index contributed by atoms with van der Waals surface area (Å²) in [7, 11) is 0. The lowest BCUT2D eigenvalue weighted by molar-refractivity contribution is -0.140. The van der Waals surface area contributed by atoms with Gasteiger partial charge in [0, 0.05) is 19.8 Å². The Morgan fingerprint density at radius 2 is 2.07 bits per heavy atom. The van der Waals surface area contributed by atoms with Crippen LogP contribution >= 0.6 is 0 Å². The van der Waals surface area contributed by atoms with Gasteiger partial charge in [-0.05, 0) is 0 Å². The summed E-state index contributed by atoms with van der Waals surface area (Å²) in [4.78, 5) is 20.4. The number of carbonyl (C=O) groups excluding carboxylic acids is 1. The second-order valence-electron chi connectivity index (χ2n) is 2.73. The summed E-state index contributed by atoms with van der Waals surface area (Å²) in [6, 6.07) is 0. The molecule has 0 saturated carbocycles. The van der Waals surface area contributed by atoms with Gasteiger partial charge in [-0.15, -0.1) is 5.92 Å². The fourth-order valence-electron chi connectivity index (χ4n) is 0.706. The first kappa shape index (κ1) is 13.2. The number of allylic oxidation sites excluding steroid dienone is 1. The highest BCUT2D eigenvalue weighted by molar-refractivity contribution is 5.67. The van der Waals surface area contributed by atoms with Gasteiger partial charge in [0.25, 0.3) is 0 Å². The summed E-state index contributed by atoms with van der Waals surface area (Å²) in [5, 5.41) is 8.31. The zero-order valence-electron chi connectivity index (χ0n) is 8.66. The molecule has 0 aromatic carbocycles. The van der Waals surface area contributed by atoms with Crippen molar-refractivity contribution in [2.45, 2.75) is 26.2 Å². The maximum absolute atomic E-state index is 10.3. The molecule has 0 saturated heterocycles. The lowest BCUT2D eigenvalue weighted by atomic mass is 10.3. The molecule has 0 unspecified atom stereocenters. The summed E-state index contributed by atoms with van der Waals surface area (Å²) in [5.74, 6) is 4.36. The molecule has 0 rings (SSSR count). The summed E-state index contributed by atoms with van der Waals surface area (Å²) in [5.41, 5.74) is 0. The van der Waals surface area contributed by atoms with Crippen LogP contribution in [0.5, 0.6) is 0 Å². The highest BCUT2D eigenvalue weighted by atomic mass is 16.5. The first-order chi connectivity index (χ1) is 7.13. The van der Waals surface area contributed by atoms with Crippen LogP contribution in [0.15, 0.2) is 12.2 Å². The van der Waals surface area contributed by atoms with Crippen LogP contribution in [0.3, 0.4) is 0 Å². The fourth-order valence-corrected chi connectivity index (χ4v) is 0.706. The first-order valence-electron chi connectivity index (χ1n) is 4.59. The van der Waals surface area contributed by atoms with Crippen LogP contribution < -0.4 is 0 Å². The molecule has 0 aliphatic heterocycles. The summed E-state index contributed by atoms with van der Waals surface area (Å²) in [6.45, 7) is 1.60. The minimum Gasteiger partial charge on any atom is -0.481 e. The molecule has 0 atom stereocenters. The Morgan fingerprint density at radius 3 is 2.67 bits per heavy atom. The molecule has 82 valence electrons. The maximum Gasteiger partial charge on any atom is 0.304 e. The molecule has 0 aromatic heterocycles. The van der Waals surface area contributed by atoms with Gasteiger partial charge in [-0.3, -0.25) is 9.59 Å². The van der Waals surface area contributed by atoms with Gasteiger partial charge in [-0.2, -0.15) is 0 Å². The van der Waals surface area contributed by atoms with Crippen molar-refractivity contribution in [1.29, 1.82) is 0 Å². The van der Waals surface area contributed by atoms with Gasteiger partial charge < -0.3 is 9.84 Å². The van der Waals surface area contributed by atoms with E-state index in [1.807, 2.05) is 0 Å². The molecule has 0 amide bonds. The lowest BCUT2D eigenvalue weighted by Crippen LogP contribution is -1.97. The van der Waals surface area contributed by atoms with Crippen LogP contribution in [-0.2, 0) is 14.3 Å². The largest absolute Gasteiger partial charge is 0.481 e. The molecule has 0 fully saturated rings. The molecule has 0 aromatic rings. The van der Waals surface area contributed by atoms with E-state index < -0.39 is 5.97 Å². The molecule has 0 aliphatic carbocycles. The maximum atomic E-state index is 10.3. The van der Waals surface area contributed by atoms with Gasteiger partial charge in [-0.25, -0.2) is 0 Å². The Bertz CT molecular complexity index is 293. The molecule has 4 heteroatoms. The predicted molar refractivity (Wildman–Crippen MR) is 55.0 cm³/mol. The smallest absolute Gasteiger partial charge is 0.304 e. The van der Waals surface area contributed by atoms with E-state index in [4.69, 9.17) is 5.11 Å². The van der Waals surface area contributed by atoms with E-state index in [9.17, 15) is 9.59 Å². The van der Waals surface area contributed by atoms with Gasteiger partial charge in [0.05, 0.1) is 6.42 Å². The zero-order chi connectivity index (χ0) is 11.5. The summed E-state index contributed by atoms with van der Waals surface area (Å²) >= 11 is 0. The van der Waals surface area contributed by atoms with Crippen LogP contribution in [0.2, 0.25) is 0 Å². The van der Waals surface area contributed by atoms with Crippen molar-refractivity contribution in [2.75, 3.05) is 6.61 Å². The van der Waals surface area contributed by atoms with E-state index in [2.05, 4.69) is 16.6 Å². The molecular formula is C11H14O4. The molecule has 15 heavy (non-hydrogen) atoms. The molecular weight excluding hydrogens is 196 g/mol. The van der Waals surface area contributed by atoms with Crippen LogP contribution in [0.4, 0.5) is 0 Å². The van der Waals surface area contributed by atoms with Crippen molar-refractivity contribution < 1.29 is 19.4 Å². The second kappa shape index (κ2) is 8.82. The van der Waals surface area contributed by atoms with Crippen LogP contribution in [-0.4, -0.2) is 23.7 Å². The molecule has 0 bridgehead atoms. The number of esters is 1. The SMILES string of the molecule is CC(=O)OC/C=C/CC#CCCC(=O)O. The van der Waals surface area contributed by atoms with Crippen molar-refractivity contribution in [2.24, 2.45) is 0 Å². The molecule has 0 spiro atoms. The van der Waals surface area contributed by atoms with Crippen molar-refractivity contribution in [3.63, 3.8) is 0 Å². The van der Waals surface area contributed by atoms with Crippen LogP contribution in [0, 0.1) is 11.8 Å². The number of rotatable bonds is 5. The normalized spacial score (nSPS) is 9.40. The van der Waals surface area contributed by atoms with Gasteiger partial charge in [0.15, 0.2) is 0 Å². The topological polar surface area (TPSA) is 63.6 Å². The number of ether oxygens (including phenoxy) is 1. The number of carboxylic acid groups (broad SMARTS) is 1. The predicted octanol–water partition coefficient (Wildman–Crippen LogP) is 1.36. The van der Waals surface area contributed by atoms with Crippen molar-refractivity contribution in [3.05, 3.63) is 12.2 Å². The van der Waals surface area contributed by atoms with E-state index in [0.29, 0.717) is 12.8 Å². The number of carboxylic acids is 1. The Labute approximate surface area is 88.9 Å².